The second-order valence-electron chi connectivity index (χ2n) is 9.09. The number of aryl methyl sites for hydroxylation is 1. The summed E-state index contributed by atoms with van der Waals surface area (Å²) in [5, 5.41) is 2.91. The van der Waals surface area contributed by atoms with E-state index in [1.807, 2.05) is 6.07 Å². The Bertz CT molecular complexity index is 1220. The van der Waals surface area contributed by atoms with Crippen LogP contribution in [0.1, 0.15) is 54.2 Å². The maximum atomic E-state index is 13.2. The molecule has 3 aromatic rings. The summed E-state index contributed by atoms with van der Waals surface area (Å²) < 4.78 is 39.6. The van der Waals surface area contributed by atoms with E-state index in [0.29, 0.717) is 41.6 Å². The number of alkyl halides is 3. The van der Waals surface area contributed by atoms with Crippen LogP contribution >= 0.6 is 0 Å². The number of hydrogen-bond acceptors (Lipinski definition) is 5. The highest BCUT2D eigenvalue weighted by Gasteiger charge is 2.31. The number of halogens is 3. The van der Waals surface area contributed by atoms with E-state index in [4.69, 9.17) is 0 Å². The van der Waals surface area contributed by atoms with Crippen molar-refractivity contribution >= 4 is 11.7 Å². The SMILES string of the molecule is O=C(Nc1ccnc(CN2CCCC2)n1)C1CCCc2ccc(-c3cccc(C(F)(F)F)c3)nc21. The van der Waals surface area contributed by atoms with Crippen LogP contribution in [0.3, 0.4) is 0 Å². The van der Waals surface area contributed by atoms with Crippen molar-refractivity contribution < 1.29 is 18.0 Å². The first-order valence-corrected chi connectivity index (χ1v) is 11.9. The van der Waals surface area contributed by atoms with Crippen LogP contribution in [0.25, 0.3) is 11.3 Å². The Balaban J connectivity index is 1.37. The number of amides is 1. The van der Waals surface area contributed by atoms with Gasteiger partial charge < -0.3 is 5.32 Å². The molecule has 3 heterocycles. The summed E-state index contributed by atoms with van der Waals surface area (Å²) in [7, 11) is 0. The summed E-state index contributed by atoms with van der Waals surface area (Å²) in [6.07, 6.45) is 1.79. The quantitative estimate of drug-likeness (QED) is 0.542. The zero-order valence-corrected chi connectivity index (χ0v) is 19.2. The number of pyridine rings is 1. The van der Waals surface area contributed by atoms with Gasteiger partial charge in [-0.05, 0) is 75.0 Å². The number of nitrogens with one attached hydrogen (secondary N) is 1. The highest BCUT2D eigenvalue weighted by atomic mass is 19.4. The molecule has 0 spiro atoms. The number of carbonyl (C=O) groups is 1. The van der Waals surface area contributed by atoms with Crippen LogP contribution < -0.4 is 5.32 Å². The molecule has 2 aromatic heterocycles. The lowest BCUT2D eigenvalue weighted by molar-refractivity contribution is -0.137. The maximum absolute atomic E-state index is 13.2. The largest absolute Gasteiger partial charge is 0.416 e. The molecule has 35 heavy (non-hydrogen) atoms. The first-order chi connectivity index (χ1) is 16.9. The molecule has 0 bridgehead atoms. The van der Waals surface area contributed by atoms with Crippen molar-refractivity contribution in [2.45, 2.75) is 50.7 Å². The van der Waals surface area contributed by atoms with Gasteiger partial charge in [0, 0.05) is 11.8 Å². The third-order valence-corrected chi connectivity index (χ3v) is 6.60. The minimum absolute atomic E-state index is 0.217. The van der Waals surface area contributed by atoms with Gasteiger partial charge in [0.25, 0.3) is 0 Å². The molecule has 1 fully saturated rings. The Kier molecular flexibility index (Phi) is 6.51. The van der Waals surface area contributed by atoms with Crippen LogP contribution in [0, 0.1) is 0 Å². The first kappa shape index (κ1) is 23.4. The lowest BCUT2D eigenvalue weighted by atomic mass is 9.85. The summed E-state index contributed by atoms with van der Waals surface area (Å²) in [5.41, 5.74) is 1.64. The van der Waals surface area contributed by atoms with Crippen molar-refractivity contribution in [1.82, 2.24) is 19.9 Å². The fraction of sp³-hybridized carbons (Fsp3) is 0.385. The number of hydrogen-bond donors (Lipinski definition) is 1. The zero-order chi connectivity index (χ0) is 24.4. The Labute approximate surface area is 201 Å². The molecule has 1 aliphatic heterocycles. The molecular formula is C26H26F3N5O. The Morgan fingerprint density at radius 3 is 2.69 bits per heavy atom. The second-order valence-corrected chi connectivity index (χ2v) is 9.09. The first-order valence-electron chi connectivity index (χ1n) is 11.9. The molecule has 9 heteroatoms. The number of fused-ring (bicyclic) bond motifs is 1. The minimum Gasteiger partial charge on any atom is -0.310 e. The summed E-state index contributed by atoms with van der Waals surface area (Å²) in [6.45, 7) is 2.70. The molecule has 0 radical (unpaired) electrons. The van der Waals surface area contributed by atoms with Crippen molar-refractivity contribution in [2.24, 2.45) is 0 Å². The Morgan fingerprint density at radius 1 is 1.06 bits per heavy atom. The van der Waals surface area contributed by atoms with Crippen molar-refractivity contribution in [1.29, 1.82) is 0 Å². The fourth-order valence-electron chi connectivity index (χ4n) is 4.82. The molecule has 1 aromatic carbocycles. The van der Waals surface area contributed by atoms with Crippen molar-refractivity contribution in [2.75, 3.05) is 18.4 Å². The second kappa shape index (κ2) is 9.73. The monoisotopic (exact) mass is 481 g/mol. The Hall–Kier alpha value is -3.33. The van der Waals surface area contributed by atoms with Crippen LogP contribution in [0.4, 0.5) is 19.0 Å². The van der Waals surface area contributed by atoms with Gasteiger partial charge in [-0.15, -0.1) is 0 Å². The number of likely N-dealkylation sites (tertiary alicyclic amines) is 1. The van der Waals surface area contributed by atoms with Gasteiger partial charge in [0.1, 0.15) is 11.6 Å². The standard InChI is InChI=1S/C26H26F3N5O/c27-26(28,29)19-7-3-6-18(15-19)21-10-9-17-5-4-8-20(24(17)31-21)25(35)33-22-11-12-30-23(32-22)16-34-13-1-2-14-34/h3,6-7,9-12,15,20H,1-2,4-5,8,13-14,16H2,(H,30,32,33,35). The highest BCUT2D eigenvalue weighted by Crippen LogP contribution is 2.35. The molecule has 1 saturated heterocycles. The predicted octanol–water partition coefficient (Wildman–Crippen LogP) is 5.21. The molecule has 182 valence electrons. The molecule has 1 aliphatic carbocycles. The summed E-state index contributed by atoms with van der Waals surface area (Å²) in [4.78, 5) is 29.1. The average Bonchev–Trinajstić information content (AvgIpc) is 3.36. The van der Waals surface area contributed by atoms with E-state index in [2.05, 4.69) is 25.2 Å². The number of nitrogens with zero attached hydrogens (tertiary/aromatic N) is 4. The van der Waals surface area contributed by atoms with Gasteiger partial charge in [0.15, 0.2) is 0 Å². The normalized spacial score (nSPS) is 18.3. The van der Waals surface area contributed by atoms with Crippen molar-refractivity contribution in [3.05, 3.63) is 71.3 Å². The molecule has 5 rings (SSSR count). The van der Waals surface area contributed by atoms with E-state index in [-0.39, 0.29) is 5.91 Å². The van der Waals surface area contributed by atoms with E-state index >= 15 is 0 Å². The zero-order valence-electron chi connectivity index (χ0n) is 19.2. The summed E-state index contributed by atoms with van der Waals surface area (Å²) >= 11 is 0. The van der Waals surface area contributed by atoms with E-state index in [1.165, 1.54) is 18.9 Å². The van der Waals surface area contributed by atoms with Gasteiger partial charge >= 0.3 is 6.18 Å². The molecule has 2 aliphatic rings. The van der Waals surface area contributed by atoms with Gasteiger partial charge in [-0.3, -0.25) is 14.7 Å². The third-order valence-electron chi connectivity index (χ3n) is 6.60. The van der Waals surface area contributed by atoms with Gasteiger partial charge in [-0.1, -0.05) is 18.2 Å². The third kappa shape index (κ3) is 5.35. The fourth-order valence-corrected chi connectivity index (χ4v) is 4.82. The van der Waals surface area contributed by atoms with Gasteiger partial charge in [-0.2, -0.15) is 13.2 Å². The van der Waals surface area contributed by atoms with Crippen LogP contribution in [0.2, 0.25) is 0 Å². The van der Waals surface area contributed by atoms with Crippen LogP contribution in [0.15, 0.2) is 48.7 Å². The highest BCUT2D eigenvalue weighted by molar-refractivity contribution is 5.95. The molecule has 1 amide bonds. The van der Waals surface area contributed by atoms with E-state index < -0.39 is 17.7 Å². The molecule has 6 nitrogen and oxygen atoms in total. The average molecular weight is 482 g/mol. The topological polar surface area (TPSA) is 71.0 Å². The predicted molar refractivity (Wildman–Crippen MR) is 126 cm³/mol. The summed E-state index contributed by atoms with van der Waals surface area (Å²) in [5.74, 6) is 0.394. The van der Waals surface area contributed by atoms with E-state index in [9.17, 15) is 18.0 Å². The minimum atomic E-state index is -4.43. The van der Waals surface area contributed by atoms with E-state index in [0.717, 1.165) is 43.6 Å². The molecule has 1 atom stereocenters. The number of carbonyl (C=O) groups excluding carboxylic acids is 1. The number of anilines is 1. The van der Waals surface area contributed by atoms with Gasteiger partial charge in [0.2, 0.25) is 5.91 Å². The molecule has 0 saturated carbocycles. The van der Waals surface area contributed by atoms with Crippen molar-refractivity contribution in [3.8, 4) is 11.3 Å². The molecule has 1 N–H and O–H groups in total. The maximum Gasteiger partial charge on any atom is 0.416 e. The molecule has 1 unspecified atom stereocenters. The lowest BCUT2D eigenvalue weighted by Crippen LogP contribution is -2.27. The number of aromatic nitrogens is 3. The summed E-state index contributed by atoms with van der Waals surface area (Å²) in [6, 6.07) is 10.4. The number of rotatable bonds is 5. The van der Waals surface area contributed by atoms with Crippen LogP contribution in [-0.4, -0.2) is 38.8 Å². The van der Waals surface area contributed by atoms with Gasteiger partial charge in [-0.25, -0.2) is 9.97 Å². The van der Waals surface area contributed by atoms with Gasteiger partial charge in [0.05, 0.1) is 29.4 Å². The van der Waals surface area contributed by atoms with Crippen LogP contribution in [0.5, 0.6) is 0 Å². The van der Waals surface area contributed by atoms with E-state index in [1.54, 1.807) is 24.4 Å². The van der Waals surface area contributed by atoms with Crippen molar-refractivity contribution in [3.63, 3.8) is 0 Å². The smallest absolute Gasteiger partial charge is 0.310 e. The number of benzene rings is 1. The van der Waals surface area contributed by atoms with Crippen LogP contribution in [-0.2, 0) is 23.9 Å². The Morgan fingerprint density at radius 2 is 1.89 bits per heavy atom. The lowest BCUT2D eigenvalue weighted by Gasteiger charge is -2.24. The molecular weight excluding hydrogens is 455 g/mol.